The SMILES string of the molecule is COc1cc(N(C)CCN(C)C)c(NC(=O)CCCl)cc1Nc1nccc(-c2nc3cc(F)ccc3n2C)n1. The predicted molar refractivity (Wildman–Crippen MR) is 154 cm³/mol. The summed E-state index contributed by atoms with van der Waals surface area (Å²) >= 11 is 5.79. The molecule has 0 unspecified atom stereocenters. The number of halogens is 2. The molecule has 1 amide bonds. The molecule has 10 nitrogen and oxygen atoms in total. The first-order valence-electron chi connectivity index (χ1n) is 12.4. The number of nitrogens with one attached hydrogen (secondary N) is 2. The zero-order chi connectivity index (χ0) is 28.1. The fourth-order valence-corrected chi connectivity index (χ4v) is 4.26. The third kappa shape index (κ3) is 6.55. The Kier molecular flexibility index (Phi) is 8.82. The molecule has 206 valence electrons. The molecule has 0 spiro atoms. The lowest BCUT2D eigenvalue weighted by molar-refractivity contribution is -0.115. The van der Waals surface area contributed by atoms with E-state index < -0.39 is 0 Å². The summed E-state index contributed by atoms with van der Waals surface area (Å²) in [7, 11) is 9.39. The number of benzene rings is 2. The molecule has 4 aromatic rings. The average Bonchev–Trinajstić information content (AvgIpc) is 3.23. The summed E-state index contributed by atoms with van der Waals surface area (Å²) in [6, 6.07) is 9.86. The number of alkyl halides is 1. The van der Waals surface area contributed by atoms with Gasteiger partial charge in [0.15, 0.2) is 5.82 Å². The van der Waals surface area contributed by atoms with Gasteiger partial charge in [-0.25, -0.2) is 19.3 Å². The van der Waals surface area contributed by atoms with Crippen LogP contribution in [0, 0.1) is 5.82 Å². The van der Waals surface area contributed by atoms with Crippen LogP contribution < -0.4 is 20.3 Å². The highest BCUT2D eigenvalue weighted by molar-refractivity contribution is 6.19. The van der Waals surface area contributed by atoms with Gasteiger partial charge >= 0.3 is 0 Å². The summed E-state index contributed by atoms with van der Waals surface area (Å²) in [5, 5.41) is 6.17. The molecule has 0 fully saturated rings. The quantitative estimate of drug-likeness (QED) is 0.262. The molecule has 39 heavy (non-hydrogen) atoms. The Morgan fingerprint density at radius 1 is 1.10 bits per heavy atom. The van der Waals surface area contributed by atoms with Gasteiger partial charge in [-0.1, -0.05) is 0 Å². The van der Waals surface area contributed by atoms with Crippen molar-refractivity contribution in [1.29, 1.82) is 0 Å². The van der Waals surface area contributed by atoms with Gasteiger partial charge in [0.2, 0.25) is 11.9 Å². The molecule has 0 atom stereocenters. The number of fused-ring (bicyclic) bond motifs is 1. The van der Waals surface area contributed by atoms with Crippen molar-refractivity contribution in [3.05, 3.63) is 48.4 Å². The van der Waals surface area contributed by atoms with Crippen LogP contribution in [0.3, 0.4) is 0 Å². The summed E-state index contributed by atoms with van der Waals surface area (Å²) in [4.78, 5) is 30.2. The van der Waals surface area contributed by atoms with Crippen LogP contribution in [0.1, 0.15) is 6.42 Å². The van der Waals surface area contributed by atoms with Crippen LogP contribution in [-0.4, -0.2) is 77.5 Å². The molecule has 0 aliphatic carbocycles. The number of aromatic nitrogens is 4. The second-order valence-electron chi connectivity index (χ2n) is 9.30. The van der Waals surface area contributed by atoms with E-state index in [1.807, 2.05) is 43.7 Å². The number of methoxy groups -OCH3 is 1. The number of nitrogens with zero attached hydrogens (tertiary/aromatic N) is 6. The molecule has 0 radical (unpaired) electrons. The molecule has 0 aliphatic heterocycles. The van der Waals surface area contributed by atoms with Crippen molar-refractivity contribution >= 4 is 51.6 Å². The normalized spacial score (nSPS) is 11.2. The highest BCUT2D eigenvalue weighted by Crippen LogP contribution is 2.38. The number of imidazole rings is 1. The van der Waals surface area contributed by atoms with E-state index in [0.29, 0.717) is 40.1 Å². The van der Waals surface area contributed by atoms with Gasteiger partial charge < -0.3 is 29.7 Å². The lowest BCUT2D eigenvalue weighted by Crippen LogP contribution is -2.29. The second-order valence-corrected chi connectivity index (χ2v) is 9.68. The molecule has 0 saturated heterocycles. The van der Waals surface area contributed by atoms with Crippen LogP contribution in [0.5, 0.6) is 5.75 Å². The van der Waals surface area contributed by atoms with Gasteiger partial charge in [-0.15, -0.1) is 11.6 Å². The van der Waals surface area contributed by atoms with Crippen molar-refractivity contribution in [2.45, 2.75) is 6.42 Å². The number of ether oxygens (including phenoxy) is 1. The van der Waals surface area contributed by atoms with E-state index in [1.165, 1.54) is 12.1 Å². The fourth-order valence-electron chi connectivity index (χ4n) is 4.09. The van der Waals surface area contributed by atoms with Crippen molar-refractivity contribution in [2.75, 3.05) is 62.8 Å². The molecule has 2 heterocycles. The average molecular weight is 555 g/mol. The minimum absolute atomic E-state index is 0.185. The Bertz CT molecular complexity index is 1480. The van der Waals surface area contributed by atoms with Crippen LogP contribution >= 0.6 is 11.6 Å². The first-order valence-corrected chi connectivity index (χ1v) is 12.9. The minimum Gasteiger partial charge on any atom is -0.494 e. The molecule has 0 bridgehead atoms. The number of carbonyl (C=O) groups is 1. The summed E-state index contributed by atoms with van der Waals surface area (Å²) in [5.41, 5.74) is 3.84. The molecule has 2 N–H and O–H groups in total. The molecule has 12 heteroatoms. The van der Waals surface area contributed by atoms with Gasteiger partial charge in [-0.2, -0.15) is 0 Å². The van der Waals surface area contributed by atoms with Gasteiger partial charge in [0.1, 0.15) is 17.3 Å². The monoisotopic (exact) mass is 554 g/mol. The lowest BCUT2D eigenvalue weighted by atomic mass is 10.2. The van der Waals surface area contributed by atoms with Gasteiger partial charge in [0, 0.05) is 57.8 Å². The zero-order valence-electron chi connectivity index (χ0n) is 22.6. The van der Waals surface area contributed by atoms with Crippen molar-refractivity contribution in [1.82, 2.24) is 24.4 Å². The first kappa shape index (κ1) is 28.1. The maximum Gasteiger partial charge on any atom is 0.227 e. The predicted octanol–water partition coefficient (Wildman–Crippen LogP) is 4.49. The third-order valence-corrected chi connectivity index (χ3v) is 6.37. The molecular formula is C27H32ClFN8O2. The molecule has 0 saturated carbocycles. The lowest BCUT2D eigenvalue weighted by Gasteiger charge is -2.26. The highest BCUT2D eigenvalue weighted by Gasteiger charge is 2.18. The molecule has 2 aromatic carbocycles. The van der Waals surface area contributed by atoms with Crippen LogP contribution in [0.2, 0.25) is 0 Å². The van der Waals surface area contributed by atoms with Crippen LogP contribution in [0.25, 0.3) is 22.6 Å². The van der Waals surface area contributed by atoms with Crippen molar-refractivity contribution in [3.63, 3.8) is 0 Å². The number of likely N-dealkylation sites (N-methyl/N-ethyl adjacent to an activating group) is 2. The molecule has 4 rings (SSSR count). The van der Waals surface area contributed by atoms with Crippen LogP contribution in [0.4, 0.5) is 27.4 Å². The standard InChI is InChI=1S/C27H32ClFN8O2/c1-35(2)12-13-36(3)23-16-24(39-5)21(15-20(23)31-25(38)8-10-28)34-27-30-11-9-18(33-27)26-32-19-14-17(29)6-7-22(19)37(26)4/h6-7,9,11,14-16H,8,10,12-13H2,1-5H3,(H,31,38)(H,30,33,34). The largest absolute Gasteiger partial charge is 0.494 e. The Morgan fingerprint density at radius 3 is 2.62 bits per heavy atom. The van der Waals surface area contributed by atoms with Gasteiger partial charge in [-0.05, 0) is 38.4 Å². The van der Waals surface area contributed by atoms with E-state index in [9.17, 15) is 9.18 Å². The maximum atomic E-state index is 13.7. The van der Waals surface area contributed by atoms with Gasteiger partial charge in [-0.3, -0.25) is 4.79 Å². The van der Waals surface area contributed by atoms with E-state index in [4.69, 9.17) is 16.3 Å². The number of aryl methyl sites for hydroxylation is 1. The van der Waals surface area contributed by atoms with Crippen LogP contribution in [0.15, 0.2) is 42.6 Å². The number of amides is 1. The zero-order valence-corrected chi connectivity index (χ0v) is 23.4. The smallest absolute Gasteiger partial charge is 0.227 e. The highest BCUT2D eigenvalue weighted by atomic mass is 35.5. The topological polar surface area (TPSA) is 100 Å². The van der Waals surface area contributed by atoms with Crippen molar-refractivity contribution < 1.29 is 13.9 Å². The van der Waals surface area contributed by atoms with Crippen molar-refractivity contribution in [2.24, 2.45) is 7.05 Å². The van der Waals surface area contributed by atoms with Gasteiger partial charge in [0.05, 0.1) is 35.2 Å². The third-order valence-electron chi connectivity index (χ3n) is 6.18. The molecule has 2 aromatic heterocycles. The number of anilines is 4. The van der Waals surface area contributed by atoms with E-state index in [1.54, 1.807) is 31.5 Å². The van der Waals surface area contributed by atoms with Gasteiger partial charge in [0.25, 0.3) is 0 Å². The number of hydrogen-bond donors (Lipinski definition) is 2. The van der Waals surface area contributed by atoms with E-state index in [0.717, 1.165) is 24.3 Å². The Morgan fingerprint density at radius 2 is 1.90 bits per heavy atom. The summed E-state index contributed by atoms with van der Waals surface area (Å²) in [5.74, 6) is 1.09. The Balaban J connectivity index is 1.69. The Labute approximate surface area is 231 Å². The van der Waals surface area contributed by atoms with Crippen molar-refractivity contribution in [3.8, 4) is 17.3 Å². The van der Waals surface area contributed by atoms with E-state index >= 15 is 0 Å². The number of carbonyl (C=O) groups excluding carboxylic acids is 1. The number of rotatable bonds is 11. The number of hydrogen-bond acceptors (Lipinski definition) is 8. The Hall–Kier alpha value is -3.96. The minimum atomic E-state index is -0.353. The summed E-state index contributed by atoms with van der Waals surface area (Å²) < 4.78 is 21.3. The first-order chi connectivity index (χ1) is 18.7. The maximum absolute atomic E-state index is 13.7. The summed E-state index contributed by atoms with van der Waals surface area (Å²) in [6.07, 6.45) is 1.80. The van der Waals surface area contributed by atoms with Crippen LogP contribution in [-0.2, 0) is 11.8 Å². The molecule has 0 aliphatic rings. The van der Waals surface area contributed by atoms with E-state index in [-0.39, 0.29) is 24.0 Å². The van der Waals surface area contributed by atoms with E-state index in [2.05, 4.69) is 30.5 Å². The summed E-state index contributed by atoms with van der Waals surface area (Å²) in [6.45, 7) is 1.55. The fraction of sp³-hybridized carbons (Fsp3) is 0.333. The second kappa shape index (κ2) is 12.3. The molecular weight excluding hydrogens is 523 g/mol.